The fraction of sp³-hybridized carbons (Fsp3) is 0.235. The van der Waals surface area contributed by atoms with Crippen molar-refractivity contribution in [2.24, 2.45) is 5.10 Å². The topological polar surface area (TPSA) is 57.1 Å². The Morgan fingerprint density at radius 3 is 2.87 bits per heavy atom. The molecule has 2 heterocycles. The van der Waals surface area contributed by atoms with Gasteiger partial charge in [0.2, 0.25) is 6.35 Å². The van der Waals surface area contributed by atoms with E-state index in [1.54, 1.807) is 0 Å². The number of anilines is 1. The van der Waals surface area contributed by atoms with E-state index in [9.17, 15) is 5.11 Å². The smallest absolute Gasteiger partial charge is 0.225 e. The molecule has 2 aromatic carbocycles. The molecule has 4 rings (SSSR count). The molecule has 2 aliphatic heterocycles. The number of halogens is 1. The lowest BCUT2D eigenvalue weighted by Gasteiger charge is -2.30. The zero-order valence-electron chi connectivity index (χ0n) is 12.4. The molecular formula is C17H16ClN3O2. The summed E-state index contributed by atoms with van der Waals surface area (Å²) in [6.07, 6.45) is 0.902. The highest BCUT2D eigenvalue weighted by Crippen LogP contribution is 2.33. The van der Waals surface area contributed by atoms with Gasteiger partial charge < -0.3 is 9.84 Å². The number of benzene rings is 2. The summed E-state index contributed by atoms with van der Waals surface area (Å²) in [5.41, 5.74) is 5.90. The minimum atomic E-state index is -0.787. The van der Waals surface area contributed by atoms with Crippen LogP contribution in [0.1, 0.15) is 17.5 Å². The first kappa shape index (κ1) is 14.4. The molecule has 1 unspecified atom stereocenters. The molecule has 0 radical (unpaired) electrons. The van der Waals surface area contributed by atoms with E-state index in [1.807, 2.05) is 47.4 Å². The van der Waals surface area contributed by atoms with Crippen LogP contribution in [0.3, 0.4) is 0 Å². The predicted octanol–water partition coefficient (Wildman–Crippen LogP) is 2.86. The van der Waals surface area contributed by atoms with Gasteiger partial charge in [0.15, 0.2) is 0 Å². The maximum absolute atomic E-state index is 9.97. The van der Waals surface area contributed by atoms with Crippen molar-refractivity contribution < 1.29 is 9.84 Å². The van der Waals surface area contributed by atoms with Crippen LogP contribution in [0.25, 0.3) is 0 Å². The largest absolute Gasteiger partial charge is 0.489 e. The lowest BCUT2D eigenvalue weighted by molar-refractivity contribution is 0.158. The zero-order chi connectivity index (χ0) is 15.8. The van der Waals surface area contributed by atoms with Gasteiger partial charge in [0, 0.05) is 11.4 Å². The highest BCUT2D eigenvalue weighted by atomic mass is 35.5. The first-order chi connectivity index (χ1) is 11.2. The Morgan fingerprint density at radius 2 is 2.04 bits per heavy atom. The SMILES string of the molecule is OC1NN=C2CCc3cc(OCc4ccc(Cl)cc4)ccc3N21. The monoisotopic (exact) mass is 329 g/mol. The molecule has 0 spiro atoms. The van der Waals surface area contributed by atoms with Crippen LogP contribution >= 0.6 is 11.6 Å². The minimum Gasteiger partial charge on any atom is -0.489 e. The molecule has 0 amide bonds. The second-order valence-corrected chi connectivity index (χ2v) is 6.04. The average molecular weight is 330 g/mol. The zero-order valence-corrected chi connectivity index (χ0v) is 13.1. The molecule has 23 heavy (non-hydrogen) atoms. The van der Waals surface area contributed by atoms with Gasteiger partial charge >= 0.3 is 0 Å². The fourth-order valence-corrected chi connectivity index (χ4v) is 3.04. The van der Waals surface area contributed by atoms with Crippen LogP contribution in [0.2, 0.25) is 5.02 Å². The molecule has 1 atom stereocenters. The standard InChI is InChI=1S/C17H16ClN3O2/c18-13-4-1-11(2-5-13)10-23-14-6-7-15-12(9-14)3-8-16-19-20-17(22)21(15)16/h1-2,4-7,9,17,20,22H,3,8,10H2. The van der Waals surface area contributed by atoms with E-state index in [4.69, 9.17) is 16.3 Å². The fourth-order valence-electron chi connectivity index (χ4n) is 2.91. The Labute approximate surface area is 139 Å². The van der Waals surface area contributed by atoms with Gasteiger partial charge in [-0.15, -0.1) is 0 Å². The molecule has 0 aliphatic carbocycles. The highest BCUT2D eigenvalue weighted by Gasteiger charge is 2.32. The third-order valence-electron chi connectivity index (χ3n) is 4.08. The van der Waals surface area contributed by atoms with Crippen LogP contribution in [-0.4, -0.2) is 17.3 Å². The van der Waals surface area contributed by atoms with Crippen LogP contribution in [0.4, 0.5) is 5.69 Å². The number of ether oxygens (including phenoxy) is 1. The molecule has 2 N–H and O–H groups in total. The number of aryl methyl sites for hydroxylation is 1. The molecular weight excluding hydrogens is 314 g/mol. The van der Waals surface area contributed by atoms with Crippen molar-refractivity contribution in [1.82, 2.24) is 5.43 Å². The van der Waals surface area contributed by atoms with E-state index < -0.39 is 6.35 Å². The van der Waals surface area contributed by atoms with E-state index in [0.717, 1.165) is 46.3 Å². The Bertz CT molecular complexity index is 761. The van der Waals surface area contributed by atoms with Crippen LogP contribution in [0, 0.1) is 0 Å². The summed E-state index contributed by atoms with van der Waals surface area (Å²) in [5.74, 6) is 1.69. The molecule has 2 aliphatic rings. The molecule has 0 saturated carbocycles. The van der Waals surface area contributed by atoms with E-state index in [1.165, 1.54) is 0 Å². The maximum Gasteiger partial charge on any atom is 0.225 e. The number of fused-ring (bicyclic) bond motifs is 3. The summed E-state index contributed by atoms with van der Waals surface area (Å²) in [5, 5.41) is 14.8. The summed E-state index contributed by atoms with van der Waals surface area (Å²) in [4.78, 5) is 1.82. The molecule has 118 valence electrons. The van der Waals surface area contributed by atoms with Gasteiger partial charge in [-0.25, -0.2) is 0 Å². The summed E-state index contributed by atoms with van der Waals surface area (Å²) in [6, 6.07) is 13.5. The number of hydrogen-bond donors (Lipinski definition) is 2. The van der Waals surface area contributed by atoms with Crippen LogP contribution in [-0.2, 0) is 13.0 Å². The normalized spacial score (nSPS) is 18.8. The average Bonchev–Trinajstić information content (AvgIpc) is 2.96. The number of hydrazone groups is 1. The van der Waals surface area contributed by atoms with Crippen molar-refractivity contribution in [2.45, 2.75) is 25.8 Å². The van der Waals surface area contributed by atoms with Crippen molar-refractivity contribution >= 4 is 23.1 Å². The first-order valence-corrected chi connectivity index (χ1v) is 7.88. The molecule has 6 heteroatoms. The summed E-state index contributed by atoms with van der Waals surface area (Å²) in [6.45, 7) is 0.497. The number of amidine groups is 1. The van der Waals surface area contributed by atoms with Crippen LogP contribution in [0.15, 0.2) is 47.6 Å². The van der Waals surface area contributed by atoms with Crippen molar-refractivity contribution in [3.63, 3.8) is 0 Å². The Hall–Kier alpha value is -2.24. The minimum absolute atomic E-state index is 0.497. The Balaban J connectivity index is 1.51. The Morgan fingerprint density at radius 1 is 1.22 bits per heavy atom. The molecule has 5 nitrogen and oxygen atoms in total. The van der Waals surface area contributed by atoms with Gasteiger partial charge in [-0.05, 0) is 47.9 Å². The predicted molar refractivity (Wildman–Crippen MR) is 89.6 cm³/mol. The van der Waals surface area contributed by atoms with E-state index >= 15 is 0 Å². The number of aliphatic hydroxyl groups excluding tert-OH is 1. The third kappa shape index (κ3) is 2.73. The van der Waals surface area contributed by atoms with E-state index in [2.05, 4.69) is 10.5 Å². The third-order valence-corrected chi connectivity index (χ3v) is 4.33. The van der Waals surface area contributed by atoms with E-state index in [0.29, 0.717) is 6.61 Å². The quantitative estimate of drug-likeness (QED) is 0.909. The lowest BCUT2D eigenvalue weighted by Crippen LogP contribution is -2.42. The van der Waals surface area contributed by atoms with E-state index in [-0.39, 0.29) is 0 Å². The molecule has 0 aromatic heterocycles. The summed E-state index contributed by atoms with van der Waals surface area (Å²) in [7, 11) is 0. The number of hydrogen-bond acceptors (Lipinski definition) is 5. The van der Waals surface area contributed by atoms with Crippen molar-refractivity contribution in [2.75, 3.05) is 4.90 Å². The number of rotatable bonds is 3. The second-order valence-electron chi connectivity index (χ2n) is 5.61. The number of nitrogens with zero attached hydrogens (tertiary/aromatic N) is 2. The molecule has 0 fully saturated rings. The summed E-state index contributed by atoms with van der Waals surface area (Å²) >= 11 is 5.88. The van der Waals surface area contributed by atoms with Crippen molar-refractivity contribution in [3.8, 4) is 5.75 Å². The number of nitrogens with one attached hydrogen (secondary N) is 1. The maximum atomic E-state index is 9.97. The van der Waals surface area contributed by atoms with Gasteiger partial charge in [-0.2, -0.15) is 5.10 Å². The molecule has 2 aromatic rings. The summed E-state index contributed by atoms with van der Waals surface area (Å²) < 4.78 is 5.87. The van der Waals surface area contributed by atoms with Gasteiger partial charge in [0.05, 0.1) is 5.69 Å². The van der Waals surface area contributed by atoms with Gasteiger partial charge in [-0.1, -0.05) is 23.7 Å². The van der Waals surface area contributed by atoms with Gasteiger partial charge in [-0.3, -0.25) is 10.3 Å². The lowest BCUT2D eigenvalue weighted by atomic mass is 10.0. The second kappa shape index (κ2) is 5.76. The molecule has 0 bridgehead atoms. The van der Waals surface area contributed by atoms with Gasteiger partial charge in [0.25, 0.3) is 0 Å². The van der Waals surface area contributed by atoms with Crippen molar-refractivity contribution in [1.29, 1.82) is 0 Å². The van der Waals surface area contributed by atoms with Crippen LogP contribution < -0.4 is 15.1 Å². The highest BCUT2D eigenvalue weighted by molar-refractivity contribution is 6.30. The molecule has 0 saturated heterocycles. The number of aliphatic hydroxyl groups is 1. The Kier molecular flexibility index (Phi) is 3.59. The first-order valence-electron chi connectivity index (χ1n) is 7.50. The van der Waals surface area contributed by atoms with Gasteiger partial charge in [0.1, 0.15) is 18.2 Å². The van der Waals surface area contributed by atoms with Crippen LogP contribution in [0.5, 0.6) is 5.75 Å². The van der Waals surface area contributed by atoms with Crippen molar-refractivity contribution in [3.05, 3.63) is 58.6 Å².